The van der Waals surface area contributed by atoms with Gasteiger partial charge in [0.2, 0.25) is 0 Å². The minimum absolute atomic E-state index is 0.0977. The van der Waals surface area contributed by atoms with Gasteiger partial charge in [-0.1, -0.05) is 0 Å². The van der Waals surface area contributed by atoms with Crippen molar-refractivity contribution in [2.75, 3.05) is 13.2 Å². The number of rotatable bonds is 5. The quantitative estimate of drug-likeness (QED) is 0.556. The highest BCUT2D eigenvalue weighted by atomic mass is 19.4. The Hall–Kier alpha value is -1.37. The molecular formula is C8H9F3N2O2. The standard InChI is InChI=1S/C8H9F3N2O2/c9-8(10,11)6-15-2-1-13-4-7(5-14)3-12-13/h3-5H,1-2,6H2. The van der Waals surface area contributed by atoms with Gasteiger partial charge in [-0.3, -0.25) is 9.48 Å². The Balaban J connectivity index is 2.23. The molecule has 7 heteroatoms. The van der Waals surface area contributed by atoms with Crippen LogP contribution in [0.25, 0.3) is 0 Å². The highest BCUT2D eigenvalue weighted by Gasteiger charge is 2.27. The molecule has 0 unspecified atom stereocenters. The Morgan fingerprint density at radius 3 is 2.80 bits per heavy atom. The Morgan fingerprint density at radius 1 is 1.53 bits per heavy atom. The SMILES string of the molecule is O=Cc1cnn(CCOCC(F)(F)F)c1. The number of aromatic nitrogens is 2. The number of carbonyl (C=O) groups is 1. The molecule has 0 aliphatic rings. The number of alkyl halides is 3. The molecule has 0 spiro atoms. The van der Waals surface area contributed by atoms with Gasteiger partial charge in [-0.25, -0.2) is 0 Å². The Kier molecular flexibility index (Phi) is 3.84. The first-order chi connectivity index (χ1) is 7.01. The zero-order chi connectivity index (χ0) is 11.3. The third kappa shape index (κ3) is 4.59. The molecule has 1 heterocycles. The van der Waals surface area contributed by atoms with Gasteiger partial charge in [0.1, 0.15) is 6.61 Å². The molecule has 0 aliphatic heterocycles. The lowest BCUT2D eigenvalue weighted by molar-refractivity contribution is -0.174. The molecule has 0 aliphatic carbocycles. The van der Waals surface area contributed by atoms with Crippen LogP contribution >= 0.6 is 0 Å². The summed E-state index contributed by atoms with van der Waals surface area (Å²) in [6.45, 7) is -1.18. The smallest absolute Gasteiger partial charge is 0.370 e. The summed E-state index contributed by atoms with van der Waals surface area (Å²) in [4.78, 5) is 10.2. The third-order valence-corrected chi connectivity index (χ3v) is 1.52. The van der Waals surface area contributed by atoms with Crippen molar-refractivity contribution in [3.05, 3.63) is 18.0 Å². The number of halogens is 3. The molecule has 84 valence electrons. The number of carbonyl (C=O) groups excluding carboxylic acids is 1. The van der Waals surface area contributed by atoms with Crippen LogP contribution in [0, 0.1) is 0 Å². The second-order valence-electron chi connectivity index (χ2n) is 2.82. The molecule has 0 amide bonds. The summed E-state index contributed by atoms with van der Waals surface area (Å²) < 4.78 is 40.7. The van der Waals surface area contributed by atoms with Gasteiger partial charge < -0.3 is 4.74 Å². The van der Waals surface area contributed by atoms with E-state index >= 15 is 0 Å². The molecule has 1 rings (SSSR count). The van der Waals surface area contributed by atoms with Crippen molar-refractivity contribution >= 4 is 6.29 Å². The van der Waals surface area contributed by atoms with Crippen LogP contribution < -0.4 is 0 Å². The zero-order valence-electron chi connectivity index (χ0n) is 7.70. The Bertz CT molecular complexity index is 322. The molecule has 0 fully saturated rings. The van der Waals surface area contributed by atoms with Gasteiger partial charge in [-0.15, -0.1) is 0 Å². The first kappa shape index (κ1) is 11.7. The average molecular weight is 222 g/mol. The van der Waals surface area contributed by atoms with E-state index in [1.54, 1.807) is 0 Å². The van der Waals surface area contributed by atoms with Crippen molar-refractivity contribution in [2.24, 2.45) is 0 Å². The maximum Gasteiger partial charge on any atom is 0.411 e. The summed E-state index contributed by atoms with van der Waals surface area (Å²) in [5.41, 5.74) is 0.380. The predicted octanol–water partition coefficient (Wildman–Crippen LogP) is 1.27. The lowest BCUT2D eigenvalue weighted by Crippen LogP contribution is -2.19. The highest BCUT2D eigenvalue weighted by Crippen LogP contribution is 2.14. The highest BCUT2D eigenvalue weighted by molar-refractivity contribution is 5.73. The summed E-state index contributed by atoms with van der Waals surface area (Å²) in [6, 6.07) is 0. The molecule has 0 atom stereocenters. The molecule has 1 aromatic heterocycles. The van der Waals surface area contributed by atoms with E-state index in [0.717, 1.165) is 0 Å². The molecule has 0 saturated heterocycles. The number of nitrogens with zero attached hydrogens (tertiary/aromatic N) is 2. The van der Waals surface area contributed by atoms with E-state index in [0.29, 0.717) is 11.8 Å². The molecule has 0 bridgehead atoms. The van der Waals surface area contributed by atoms with Crippen LogP contribution in [-0.4, -0.2) is 35.5 Å². The minimum atomic E-state index is -4.31. The molecular weight excluding hydrogens is 213 g/mol. The molecule has 4 nitrogen and oxygen atoms in total. The van der Waals surface area contributed by atoms with Crippen LogP contribution in [0.1, 0.15) is 10.4 Å². The maximum absolute atomic E-state index is 11.6. The van der Waals surface area contributed by atoms with Gasteiger partial charge in [-0.05, 0) is 0 Å². The van der Waals surface area contributed by atoms with Crippen molar-refractivity contribution in [3.63, 3.8) is 0 Å². The summed E-state index contributed by atoms with van der Waals surface area (Å²) >= 11 is 0. The summed E-state index contributed by atoms with van der Waals surface area (Å²) in [6.07, 6.45) is -0.932. The molecule has 1 aromatic rings. The van der Waals surface area contributed by atoms with Gasteiger partial charge >= 0.3 is 6.18 Å². The lowest BCUT2D eigenvalue weighted by atomic mass is 10.4. The second-order valence-corrected chi connectivity index (χ2v) is 2.82. The van der Waals surface area contributed by atoms with Gasteiger partial charge in [0.25, 0.3) is 0 Å². The van der Waals surface area contributed by atoms with E-state index in [2.05, 4.69) is 9.84 Å². The van der Waals surface area contributed by atoms with Crippen LogP contribution in [-0.2, 0) is 11.3 Å². The van der Waals surface area contributed by atoms with Crippen LogP contribution in [0.4, 0.5) is 13.2 Å². The fourth-order valence-electron chi connectivity index (χ4n) is 0.909. The van der Waals surface area contributed by atoms with Crippen LogP contribution in [0.15, 0.2) is 12.4 Å². The largest absolute Gasteiger partial charge is 0.411 e. The molecule has 15 heavy (non-hydrogen) atoms. The fraction of sp³-hybridized carbons (Fsp3) is 0.500. The number of hydrogen-bond acceptors (Lipinski definition) is 3. The van der Waals surface area contributed by atoms with Crippen molar-refractivity contribution in [2.45, 2.75) is 12.7 Å². The summed E-state index contributed by atoms with van der Waals surface area (Å²) in [5.74, 6) is 0. The molecule has 0 N–H and O–H groups in total. The van der Waals surface area contributed by atoms with Gasteiger partial charge in [0, 0.05) is 6.20 Å². The maximum atomic E-state index is 11.6. The minimum Gasteiger partial charge on any atom is -0.370 e. The predicted molar refractivity (Wildman–Crippen MR) is 44.5 cm³/mol. The molecule has 0 aromatic carbocycles. The van der Waals surface area contributed by atoms with Gasteiger partial charge in [-0.2, -0.15) is 18.3 Å². The fourth-order valence-corrected chi connectivity index (χ4v) is 0.909. The van der Waals surface area contributed by atoms with Crippen molar-refractivity contribution in [1.82, 2.24) is 9.78 Å². The van der Waals surface area contributed by atoms with E-state index in [-0.39, 0.29) is 13.2 Å². The van der Waals surface area contributed by atoms with Gasteiger partial charge in [0.05, 0.1) is 24.9 Å². The average Bonchev–Trinajstić information content (AvgIpc) is 2.59. The first-order valence-corrected chi connectivity index (χ1v) is 4.13. The van der Waals surface area contributed by atoms with Gasteiger partial charge in [0.15, 0.2) is 6.29 Å². The van der Waals surface area contributed by atoms with Crippen molar-refractivity contribution < 1.29 is 22.7 Å². The van der Waals surface area contributed by atoms with E-state index < -0.39 is 12.8 Å². The Morgan fingerprint density at radius 2 is 2.27 bits per heavy atom. The van der Waals surface area contributed by atoms with Crippen molar-refractivity contribution in [3.8, 4) is 0 Å². The second kappa shape index (κ2) is 4.92. The Labute approximate surface area is 83.6 Å². The monoisotopic (exact) mass is 222 g/mol. The summed E-state index contributed by atoms with van der Waals surface area (Å²) in [5, 5.41) is 3.75. The molecule has 0 saturated carbocycles. The van der Waals surface area contributed by atoms with Crippen LogP contribution in [0.2, 0.25) is 0 Å². The first-order valence-electron chi connectivity index (χ1n) is 4.13. The third-order valence-electron chi connectivity index (χ3n) is 1.52. The zero-order valence-corrected chi connectivity index (χ0v) is 7.70. The van der Waals surface area contributed by atoms with Crippen LogP contribution in [0.5, 0.6) is 0 Å². The van der Waals surface area contributed by atoms with Crippen LogP contribution in [0.3, 0.4) is 0 Å². The van der Waals surface area contributed by atoms with E-state index in [1.165, 1.54) is 17.1 Å². The molecule has 0 radical (unpaired) electrons. The number of aldehydes is 1. The van der Waals surface area contributed by atoms with Crippen molar-refractivity contribution in [1.29, 1.82) is 0 Å². The van der Waals surface area contributed by atoms with E-state index in [1.807, 2.05) is 0 Å². The number of ether oxygens (including phenoxy) is 1. The topological polar surface area (TPSA) is 44.1 Å². The van der Waals surface area contributed by atoms with E-state index in [9.17, 15) is 18.0 Å². The number of hydrogen-bond donors (Lipinski definition) is 0. The van der Waals surface area contributed by atoms with E-state index in [4.69, 9.17) is 0 Å². The lowest BCUT2D eigenvalue weighted by Gasteiger charge is -2.07. The normalized spacial score (nSPS) is 11.7. The summed E-state index contributed by atoms with van der Waals surface area (Å²) in [7, 11) is 0.